The average molecular weight is 328 g/mol. The summed E-state index contributed by atoms with van der Waals surface area (Å²) in [5.41, 5.74) is 0.730. The smallest absolute Gasteiger partial charge is 0.253 e. The van der Waals surface area contributed by atoms with Gasteiger partial charge in [-0.25, -0.2) is 0 Å². The lowest BCUT2D eigenvalue weighted by molar-refractivity contribution is 0.0755. The molecule has 106 valence electrons. The Hall–Kier alpha value is -1.03. The predicted octanol–water partition coefficient (Wildman–Crippen LogP) is 3.72. The second-order valence-corrected chi connectivity index (χ2v) is 5.15. The Morgan fingerprint density at radius 3 is 2.21 bits per heavy atom. The van der Waals surface area contributed by atoms with Crippen LogP contribution in [0.1, 0.15) is 37.0 Å². The van der Waals surface area contributed by atoms with E-state index < -0.39 is 0 Å². The molecule has 0 bridgehead atoms. The lowest BCUT2D eigenvalue weighted by Gasteiger charge is -2.21. The van der Waals surface area contributed by atoms with Gasteiger partial charge in [0.15, 0.2) is 0 Å². The number of rotatable bonds is 8. The van der Waals surface area contributed by atoms with Gasteiger partial charge in [-0.1, -0.05) is 29.8 Å². The van der Waals surface area contributed by atoms with Crippen molar-refractivity contribution < 1.29 is 9.53 Å². The quantitative estimate of drug-likeness (QED) is 0.681. The molecular formula is C15H22BrNO2. The Morgan fingerprint density at radius 2 is 1.74 bits per heavy atom. The van der Waals surface area contributed by atoms with Crippen LogP contribution in [0.15, 0.2) is 24.3 Å². The van der Waals surface area contributed by atoms with Crippen molar-refractivity contribution >= 4 is 21.8 Å². The number of hydrogen-bond donors (Lipinski definition) is 0. The molecule has 0 saturated carbocycles. The Labute approximate surface area is 124 Å². The second-order valence-electron chi connectivity index (χ2n) is 4.35. The van der Waals surface area contributed by atoms with E-state index in [2.05, 4.69) is 29.8 Å². The molecule has 0 radical (unpaired) electrons. The molecule has 0 unspecified atom stereocenters. The SMILES string of the molecule is CCCN(CCC)C(=O)c1ccc(OCCBr)cc1. The van der Waals surface area contributed by atoms with E-state index in [1.807, 2.05) is 29.2 Å². The minimum Gasteiger partial charge on any atom is -0.493 e. The molecule has 1 aromatic rings. The van der Waals surface area contributed by atoms with Crippen LogP contribution in [0, 0.1) is 0 Å². The number of alkyl halides is 1. The Kier molecular flexibility index (Phi) is 7.56. The first-order chi connectivity index (χ1) is 9.22. The molecule has 1 rings (SSSR count). The van der Waals surface area contributed by atoms with E-state index in [1.165, 1.54) is 0 Å². The summed E-state index contributed by atoms with van der Waals surface area (Å²) < 4.78 is 5.47. The molecule has 0 saturated heterocycles. The summed E-state index contributed by atoms with van der Waals surface area (Å²) in [6.07, 6.45) is 1.97. The molecule has 0 fully saturated rings. The van der Waals surface area contributed by atoms with Crippen molar-refractivity contribution in [3.05, 3.63) is 29.8 Å². The third-order valence-corrected chi connectivity index (χ3v) is 3.05. The van der Waals surface area contributed by atoms with Gasteiger partial charge in [-0.05, 0) is 37.1 Å². The average Bonchev–Trinajstić information content (AvgIpc) is 2.44. The van der Waals surface area contributed by atoms with E-state index in [-0.39, 0.29) is 5.91 Å². The fourth-order valence-electron chi connectivity index (χ4n) is 1.89. The van der Waals surface area contributed by atoms with Crippen molar-refractivity contribution in [2.75, 3.05) is 25.0 Å². The van der Waals surface area contributed by atoms with E-state index in [0.717, 1.165) is 42.6 Å². The first kappa shape index (κ1) is 16.0. The minimum absolute atomic E-state index is 0.107. The van der Waals surface area contributed by atoms with Crippen molar-refractivity contribution in [1.82, 2.24) is 4.90 Å². The van der Waals surface area contributed by atoms with Crippen LogP contribution in [0.3, 0.4) is 0 Å². The highest BCUT2D eigenvalue weighted by molar-refractivity contribution is 9.09. The van der Waals surface area contributed by atoms with Gasteiger partial charge in [-0.15, -0.1) is 0 Å². The van der Waals surface area contributed by atoms with Gasteiger partial charge in [-0.3, -0.25) is 4.79 Å². The van der Waals surface area contributed by atoms with Crippen molar-refractivity contribution in [3.8, 4) is 5.75 Å². The standard InChI is InChI=1S/C15H22BrNO2/c1-3-10-17(11-4-2)15(18)13-5-7-14(8-6-13)19-12-9-16/h5-8H,3-4,9-12H2,1-2H3. The molecule has 0 spiro atoms. The predicted molar refractivity (Wildman–Crippen MR) is 82.2 cm³/mol. The monoisotopic (exact) mass is 327 g/mol. The summed E-state index contributed by atoms with van der Waals surface area (Å²) in [5.74, 6) is 0.907. The number of ether oxygens (including phenoxy) is 1. The molecule has 4 heteroatoms. The number of amides is 1. The maximum atomic E-state index is 12.3. The number of carbonyl (C=O) groups is 1. The van der Waals surface area contributed by atoms with Gasteiger partial charge >= 0.3 is 0 Å². The van der Waals surface area contributed by atoms with Crippen molar-refractivity contribution in [2.45, 2.75) is 26.7 Å². The third-order valence-electron chi connectivity index (χ3n) is 2.72. The van der Waals surface area contributed by atoms with Gasteiger partial charge in [0, 0.05) is 24.0 Å². The Morgan fingerprint density at radius 1 is 1.16 bits per heavy atom. The molecule has 1 aromatic carbocycles. The molecule has 1 amide bonds. The van der Waals surface area contributed by atoms with E-state index >= 15 is 0 Å². The van der Waals surface area contributed by atoms with E-state index in [1.54, 1.807) is 0 Å². The lowest BCUT2D eigenvalue weighted by Crippen LogP contribution is -2.32. The fourth-order valence-corrected chi connectivity index (χ4v) is 2.05. The normalized spacial score (nSPS) is 10.3. The summed E-state index contributed by atoms with van der Waals surface area (Å²) in [7, 11) is 0. The van der Waals surface area contributed by atoms with Crippen LogP contribution in [0.5, 0.6) is 5.75 Å². The van der Waals surface area contributed by atoms with Crippen LogP contribution in [-0.4, -0.2) is 35.8 Å². The largest absolute Gasteiger partial charge is 0.493 e. The van der Waals surface area contributed by atoms with E-state index in [0.29, 0.717) is 6.61 Å². The van der Waals surface area contributed by atoms with Crippen LogP contribution in [0.25, 0.3) is 0 Å². The van der Waals surface area contributed by atoms with Crippen LogP contribution in [0.2, 0.25) is 0 Å². The highest BCUT2D eigenvalue weighted by atomic mass is 79.9. The zero-order valence-corrected chi connectivity index (χ0v) is 13.3. The van der Waals surface area contributed by atoms with Gasteiger partial charge in [-0.2, -0.15) is 0 Å². The van der Waals surface area contributed by atoms with E-state index in [4.69, 9.17) is 4.74 Å². The number of benzene rings is 1. The third kappa shape index (κ3) is 5.23. The zero-order chi connectivity index (χ0) is 14.1. The molecule has 0 aliphatic carbocycles. The number of halogens is 1. The minimum atomic E-state index is 0.107. The molecule has 19 heavy (non-hydrogen) atoms. The summed E-state index contributed by atoms with van der Waals surface area (Å²) in [6.45, 7) is 6.44. The van der Waals surface area contributed by atoms with Gasteiger partial charge < -0.3 is 9.64 Å². The maximum Gasteiger partial charge on any atom is 0.253 e. The molecule has 3 nitrogen and oxygen atoms in total. The first-order valence-electron chi connectivity index (χ1n) is 6.81. The summed E-state index contributed by atoms with van der Waals surface area (Å²) in [6, 6.07) is 7.38. The van der Waals surface area contributed by atoms with Crippen LogP contribution in [-0.2, 0) is 0 Å². The van der Waals surface area contributed by atoms with Crippen LogP contribution >= 0.6 is 15.9 Å². The molecule has 0 N–H and O–H groups in total. The summed E-state index contributed by atoms with van der Waals surface area (Å²) >= 11 is 3.31. The Balaban J connectivity index is 2.69. The second kappa shape index (κ2) is 8.97. The van der Waals surface area contributed by atoms with Crippen molar-refractivity contribution in [1.29, 1.82) is 0 Å². The highest BCUT2D eigenvalue weighted by Gasteiger charge is 2.13. The number of nitrogens with zero attached hydrogens (tertiary/aromatic N) is 1. The van der Waals surface area contributed by atoms with Crippen molar-refractivity contribution in [2.24, 2.45) is 0 Å². The topological polar surface area (TPSA) is 29.5 Å². The van der Waals surface area contributed by atoms with Crippen LogP contribution in [0.4, 0.5) is 0 Å². The van der Waals surface area contributed by atoms with Gasteiger partial charge in [0.2, 0.25) is 0 Å². The van der Waals surface area contributed by atoms with Crippen LogP contribution < -0.4 is 4.74 Å². The molecule has 0 aliphatic heterocycles. The fraction of sp³-hybridized carbons (Fsp3) is 0.533. The highest BCUT2D eigenvalue weighted by Crippen LogP contribution is 2.14. The Bertz CT molecular complexity index is 372. The molecule has 0 aromatic heterocycles. The van der Waals surface area contributed by atoms with Crippen molar-refractivity contribution in [3.63, 3.8) is 0 Å². The zero-order valence-electron chi connectivity index (χ0n) is 11.7. The molecule has 0 aliphatic rings. The number of carbonyl (C=O) groups excluding carboxylic acids is 1. The maximum absolute atomic E-state index is 12.3. The van der Waals surface area contributed by atoms with Gasteiger partial charge in [0.05, 0.1) is 6.61 Å². The molecule has 0 heterocycles. The van der Waals surface area contributed by atoms with E-state index in [9.17, 15) is 4.79 Å². The first-order valence-corrected chi connectivity index (χ1v) is 7.93. The molecule has 0 atom stereocenters. The van der Waals surface area contributed by atoms with Gasteiger partial charge in [0.25, 0.3) is 5.91 Å². The molecular weight excluding hydrogens is 306 g/mol. The summed E-state index contributed by atoms with van der Waals surface area (Å²) in [5, 5.41) is 0.800. The summed E-state index contributed by atoms with van der Waals surface area (Å²) in [4.78, 5) is 14.2. The lowest BCUT2D eigenvalue weighted by atomic mass is 10.2. The number of hydrogen-bond acceptors (Lipinski definition) is 2. The van der Waals surface area contributed by atoms with Gasteiger partial charge in [0.1, 0.15) is 5.75 Å².